The molecule has 24 heavy (non-hydrogen) atoms. The standard InChI is InChI=1S/C18H23NO3SSi/c1-16-9-11-18(12-10-16)23(21,22)19(13-6-8-17(2)20)14-7-15-24(3,4)5/h9-12H,13-14H2,1-5H3. The van der Waals surface area contributed by atoms with Crippen molar-refractivity contribution < 1.29 is 13.2 Å². The van der Waals surface area contributed by atoms with Crippen molar-refractivity contribution in [3.05, 3.63) is 29.8 Å². The molecule has 0 saturated heterocycles. The van der Waals surface area contributed by atoms with Crippen LogP contribution in [0.15, 0.2) is 29.2 Å². The molecule has 1 rings (SSSR count). The van der Waals surface area contributed by atoms with Crippen LogP contribution in [-0.2, 0) is 14.8 Å². The molecule has 0 radical (unpaired) electrons. The Bertz CT molecular complexity index is 813. The molecule has 4 nitrogen and oxygen atoms in total. The summed E-state index contributed by atoms with van der Waals surface area (Å²) in [7, 11) is -5.29. The number of Topliss-reactive ketones (excluding diaryl/α,β-unsaturated/α-hetero) is 1. The number of carbonyl (C=O) groups is 1. The largest absolute Gasteiger partial charge is 0.285 e. The van der Waals surface area contributed by atoms with Crippen molar-refractivity contribution in [3.8, 4) is 23.3 Å². The molecule has 1 aromatic carbocycles. The minimum absolute atomic E-state index is 0.0594. The maximum absolute atomic E-state index is 12.8. The molecule has 0 aliphatic rings. The van der Waals surface area contributed by atoms with Gasteiger partial charge in [0.2, 0.25) is 15.8 Å². The van der Waals surface area contributed by atoms with Crippen molar-refractivity contribution in [2.24, 2.45) is 0 Å². The Hall–Kier alpha value is -1.86. The van der Waals surface area contributed by atoms with Gasteiger partial charge in [-0.2, -0.15) is 4.31 Å². The Morgan fingerprint density at radius 1 is 1.08 bits per heavy atom. The molecule has 0 heterocycles. The first kappa shape index (κ1) is 20.2. The van der Waals surface area contributed by atoms with Crippen molar-refractivity contribution >= 4 is 23.9 Å². The van der Waals surface area contributed by atoms with Crippen LogP contribution in [0.25, 0.3) is 0 Å². The molecule has 0 amide bonds. The fourth-order valence-corrected chi connectivity index (χ4v) is 3.59. The quantitative estimate of drug-likeness (QED) is 0.470. The number of hydrogen-bond donors (Lipinski definition) is 0. The van der Waals surface area contributed by atoms with E-state index in [0.717, 1.165) is 5.56 Å². The molecule has 0 aliphatic carbocycles. The fraction of sp³-hybridized carbons (Fsp3) is 0.389. The Morgan fingerprint density at radius 2 is 1.62 bits per heavy atom. The summed E-state index contributed by atoms with van der Waals surface area (Å²) in [6.45, 7) is 9.52. The highest BCUT2D eigenvalue weighted by Crippen LogP contribution is 2.15. The highest BCUT2D eigenvalue weighted by atomic mass is 32.2. The van der Waals surface area contributed by atoms with E-state index in [1.807, 2.05) is 6.92 Å². The predicted octanol–water partition coefficient (Wildman–Crippen LogP) is 2.46. The van der Waals surface area contributed by atoms with E-state index in [1.54, 1.807) is 24.3 Å². The lowest BCUT2D eigenvalue weighted by Crippen LogP contribution is -2.32. The summed E-state index contributed by atoms with van der Waals surface area (Å²) < 4.78 is 26.8. The number of hydrogen-bond acceptors (Lipinski definition) is 3. The van der Waals surface area contributed by atoms with Crippen LogP contribution in [0, 0.1) is 30.2 Å². The van der Waals surface area contributed by atoms with Crippen molar-refractivity contribution in [2.75, 3.05) is 13.1 Å². The Morgan fingerprint density at radius 3 is 2.12 bits per heavy atom. The smallest absolute Gasteiger partial charge is 0.244 e. The number of ketones is 1. The third-order valence-corrected chi connectivity index (χ3v) is 5.63. The molecule has 0 aliphatic heterocycles. The summed E-state index contributed by atoms with van der Waals surface area (Å²) in [5, 5.41) is 0. The highest BCUT2D eigenvalue weighted by molar-refractivity contribution is 7.89. The molecule has 1 aromatic rings. The van der Waals surface area contributed by atoms with Crippen LogP contribution < -0.4 is 0 Å². The van der Waals surface area contributed by atoms with E-state index in [4.69, 9.17) is 0 Å². The minimum atomic E-state index is -3.70. The van der Waals surface area contributed by atoms with Crippen molar-refractivity contribution in [2.45, 2.75) is 38.4 Å². The zero-order valence-corrected chi connectivity index (χ0v) is 16.6. The summed E-state index contributed by atoms with van der Waals surface area (Å²) in [6.07, 6.45) is 0. The van der Waals surface area contributed by atoms with Crippen LogP contribution in [0.1, 0.15) is 12.5 Å². The maximum Gasteiger partial charge on any atom is 0.244 e. The molecule has 0 saturated carbocycles. The number of sulfonamides is 1. The van der Waals surface area contributed by atoms with Gasteiger partial charge in [-0.25, -0.2) is 8.42 Å². The molecule has 0 aromatic heterocycles. The Labute approximate surface area is 146 Å². The summed E-state index contributed by atoms with van der Waals surface area (Å²) in [6, 6.07) is 6.64. The van der Waals surface area contributed by atoms with Crippen molar-refractivity contribution in [1.29, 1.82) is 0 Å². The van der Waals surface area contributed by atoms with E-state index < -0.39 is 18.1 Å². The summed E-state index contributed by atoms with van der Waals surface area (Å²) >= 11 is 0. The molecule has 0 unspecified atom stereocenters. The first-order valence-corrected chi connectivity index (χ1v) is 12.5. The molecule has 128 valence electrons. The van der Waals surface area contributed by atoms with Gasteiger partial charge < -0.3 is 0 Å². The number of nitrogens with zero attached hydrogens (tertiary/aromatic N) is 1. The van der Waals surface area contributed by atoms with Gasteiger partial charge in [-0.15, -0.1) is 5.54 Å². The van der Waals surface area contributed by atoms with E-state index in [1.165, 1.54) is 11.2 Å². The maximum atomic E-state index is 12.8. The first-order valence-electron chi connectivity index (χ1n) is 7.59. The zero-order valence-electron chi connectivity index (χ0n) is 14.8. The summed E-state index contributed by atoms with van der Waals surface area (Å²) in [5.41, 5.74) is 4.13. The highest BCUT2D eigenvalue weighted by Gasteiger charge is 2.23. The van der Waals surface area contributed by atoms with E-state index in [2.05, 4.69) is 42.9 Å². The summed E-state index contributed by atoms with van der Waals surface area (Å²) in [5.74, 6) is 7.65. The van der Waals surface area contributed by atoms with Gasteiger partial charge in [0.15, 0.2) is 0 Å². The van der Waals surface area contributed by atoms with Gasteiger partial charge in [-0.05, 0) is 25.0 Å². The van der Waals surface area contributed by atoms with Gasteiger partial charge in [-0.1, -0.05) is 49.2 Å². The van der Waals surface area contributed by atoms with Gasteiger partial charge in [0.25, 0.3) is 0 Å². The minimum Gasteiger partial charge on any atom is -0.285 e. The number of carbonyl (C=O) groups excluding carboxylic acids is 1. The topological polar surface area (TPSA) is 54.5 Å². The molecular weight excluding hydrogens is 338 g/mol. The predicted molar refractivity (Wildman–Crippen MR) is 99.5 cm³/mol. The van der Waals surface area contributed by atoms with Gasteiger partial charge in [0.05, 0.1) is 18.0 Å². The molecule has 0 fully saturated rings. The molecule has 0 atom stereocenters. The third-order valence-electron chi connectivity index (χ3n) is 2.90. The number of aryl methyl sites for hydroxylation is 1. The molecule has 6 heteroatoms. The van der Waals surface area contributed by atoms with Gasteiger partial charge >= 0.3 is 0 Å². The van der Waals surface area contributed by atoms with Gasteiger partial charge in [-0.3, -0.25) is 4.79 Å². The van der Waals surface area contributed by atoms with Crippen LogP contribution in [0.2, 0.25) is 19.6 Å². The van der Waals surface area contributed by atoms with Crippen LogP contribution >= 0.6 is 0 Å². The normalized spacial score (nSPS) is 11.2. The lowest BCUT2D eigenvalue weighted by Gasteiger charge is -2.17. The number of rotatable bonds is 4. The van der Waals surface area contributed by atoms with Crippen molar-refractivity contribution in [3.63, 3.8) is 0 Å². The average Bonchev–Trinajstić information content (AvgIpc) is 2.44. The second kappa shape index (κ2) is 8.30. The van der Waals surface area contributed by atoms with Crippen LogP contribution in [0.3, 0.4) is 0 Å². The monoisotopic (exact) mass is 361 g/mol. The lowest BCUT2D eigenvalue weighted by molar-refractivity contribution is -0.111. The molecular formula is C18H23NO3SSi. The molecule has 0 N–H and O–H groups in total. The van der Waals surface area contributed by atoms with E-state index in [9.17, 15) is 13.2 Å². The SMILES string of the molecule is CC(=O)C#CCN(CC#C[Si](C)(C)C)S(=O)(=O)c1ccc(C)cc1. The number of benzene rings is 1. The van der Waals surface area contributed by atoms with Gasteiger partial charge in [0, 0.05) is 6.92 Å². The second-order valence-electron chi connectivity index (χ2n) is 6.50. The zero-order chi connectivity index (χ0) is 18.4. The van der Waals surface area contributed by atoms with Crippen molar-refractivity contribution in [1.82, 2.24) is 4.31 Å². The van der Waals surface area contributed by atoms with Crippen LogP contribution in [-0.4, -0.2) is 39.7 Å². The third kappa shape index (κ3) is 6.72. The van der Waals surface area contributed by atoms with Crippen LogP contribution in [0.4, 0.5) is 0 Å². The van der Waals surface area contributed by atoms with Crippen LogP contribution in [0.5, 0.6) is 0 Å². The second-order valence-corrected chi connectivity index (χ2v) is 13.2. The molecule has 0 spiro atoms. The Kier molecular flexibility index (Phi) is 6.98. The average molecular weight is 362 g/mol. The fourth-order valence-electron chi connectivity index (χ4n) is 1.73. The van der Waals surface area contributed by atoms with E-state index in [-0.39, 0.29) is 23.8 Å². The van der Waals surface area contributed by atoms with Gasteiger partial charge in [0.1, 0.15) is 8.07 Å². The van der Waals surface area contributed by atoms with E-state index in [0.29, 0.717) is 0 Å². The first-order chi connectivity index (χ1) is 11.0. The lowest BCUT2D eigenvalue weighted by atomic mass is 10.2. The van der Waals surface area contributed by atoms with E-state index >= 15 is 0 Å². The summed E-state index contributed by atoms with van der Waals surface area (Å²) in [4.78, 5) is 11.2. The Balaban J connectivity index is 3.14. The molecule has 0 bridgehead atoms.